The summed E-state index contributed by atoms with van der Waals surface area (Å²) in [4.78, 5) is 27.7. The highest BCUT2D eigenvalue weighted by molar-refractivity contribution is 6.12. The third-order valence-electron chi connectivity index (χ3n) is 4.83. The van der Waals surface area contributed by atoms with Gasteiger partial charge in [0.1, 0.15) is 0 Å². The van der Waals surface area contributed by atoms with Crippen molar-refractivity contribution in [3.05, 3.63) is 99.5 Å². The molecule has 0 saturated heterocycles. The molecule has 3 aromatic carbocycles. The lowest BCUT2D eigenvalue weighted by molar-refractivity contribution is 0.104. The maximum atomic E-state index is 12.7. The van der Waals surface area contributed by atoms with Crippen molar-refractivity contribution in [3.8, 4) is 0 Å². The van der Waals surface area contributed by atoms with Gasteiger partial charge in [-0.3, -0.25) is 9.59 Å². The maximum absolute atomic E-state index is 12.7. The molecule has 1 aromatic heterocycles. The Morgan fingerprint density at radius 1 is 0.889 bits per heavy atom. The summed E-state index contributed by atoms with van der Waals surface area (Å²) in [6.07, 6.45) is 3.33. The SMILES string of the molecule is Cc1cc(C)c(C(=O)/C=C/c2c3ccccc3cc3ccccc23)c(=O)[nH]1. The van der Waals surface area contributed by atoms with Crippen LogP contribution < -0.4 is 5.56 Å². The average molecular weight is 353 g/mol. The molecule has 3 nitrogen and oxygen atoms in total. The molecule has 0 unspecified atom stereocenters. The molecule has 0 aliphatic heterocycles. The monoisotopic (exact) mass is 353 g/mol. The number of fused-ring (bicyclic) bond motifs is 2. The zero-order valence-corrected chi connectivity index (χ0v) is 15.2. The van der Waals surface area contributed by atoms with E-state index in [1.807, 2.05) is 36.4 Å². The molecular weight excluding hydrogens is 334 g/mol. The molecule has 4 aromatic rings. The Hall–Kier alpha value is -3.46. The van der Waals surface area contributed by atoms with E-state index in [9.17, 15) is 9.59 Å². The molecule has 27 heavy (non-hydrogen) atoms. The number of rotatable bonds is 3. The summed E-state index contributed by atoms with van der Waals surface area (Å²) in [5, 5.41) is 4.39. The predicted octanol–water partition coefficient (Wildman–Crippen LogP) is 5.19. The van der Waals surface area contributed by atoms with Crippen molar-refractivity contribution < 1.29 is 4.79 Å². The van der Waals surface area contributed by atoms with Crippen LogP contribution in [0.2, 0.25) is 0 Å². The van der Waals surface area contributed by atoms with Crippen LogP contribution in [-0.4, -0.2) is 10.8 Å². The van der Waals surface area contributed by atoms with E-state index in [-0.39, 0.29) is 16.9 Å². The number of ketones is 1. The highest BCUT2D eigenvalue weighted by atomic mass is 16.1. The topological polar surface area (TPSA) is 49.9 Å². The van der Waals surface area contributed by atoms with Crippen molar-refractivity contribution in [2.45, 2.75) is 13.8 Å². The quantitative estimate of drug-likeness (QED) is 0.313. The largest absolute Gasteiger partial charge is 0.326 e. The first-order chi connectivity index (χ1) is 13.0. The van der Waals surface area contributed by atoms with Crippen molar-refractivity contribution in [2.24, 2.45) is 0 Å². The standard InChI is InChI=1S/C24H19NO2/c1-15-13-16(2)25-24(27)23(15)22(26)12-11-21-19-9-5-3-7-17(19)14-18-8-4-6-10-20(18)21/h3-14H,1-2H3,(H,25,27)/b12-11+. The van der Waals surface area contributed by atoms with Crippen LogP contribution in [0.1, 0.15) is 27.2 Å². The maximum Gasteiger partial charge on any atom is 0.259 e. The number of aryl methyl sites for hydroxylation is 2. The van der Waals surface area contributed by atoms with Crippen LogP contribution in [0.3, 0.4) is 0 Å². The van der Waals surface area contributed by atoms with E-state index in [1.165, 1.54) is 6.08 Å². The Kier molecular flexibility index (Phi) is 4.21. The molecule has 0 amide bonds. The minimum atomic E-state index is -0.343. The number of aromatic amines is 1. The molecule has 0 aliphatic carbocycles. The van der Waals surface area contributed by atoms with E-state index in [4.69, 9.17) is 0 Å². The summed E-state index contributed by atoms with van der Waals surface area (Å²) in [5.41, 5.74) is 2.27. The molecule has 0 saturated carbocycles. The second-order valence-electron chi connectivity index (χ2n) is 6.77. The Balaban J connectivity index is 1.88. The molecule has 4 rings (SSSR count). The van der Waals surface area contributed by atoms with Gasteiger partial charge in [-0.1, -0.05) is 48.5 Å². The molecule has 0 spiro atoms. The minimum absolute atomic E-state index is 0.196. The van der Waals surface area contributed by atoms with Crippen LogP contribution in [0.4, 0.5) is 0 Å². The first kappa shape index (κ1) is 17.0. The lowest BCUT2D eigenvalue weighted by Crippen LogP contribution is -2.19. The first-order valence-corrected chi connectivity index (χ1v) is 8.88. The van der Waals surface area contributed by atoms with Gasteiger partial charge in [0.15, 0.2) is 5.78 Å². The number of benzene rings is 3. The number of hydrogen-bond donors (Lipinski definition) is 1. The van der Waals surface area contributed by atoms with Crippen molar-refractivity contribution in [1.82, 2.24) is 4.98 Å². The Morgan fingerprint density at radius 2 is 1.48 bits per heavy atom. The van der Waals surface area contributed by atoms with Crippen LogP contribution in [0.5, 0.6) is 0 Å². The van der Waals surface area contributed by atoms with Gasteiger partial charge in [0.2, 0.25) is 0 Å². The van der Waals surface area contributed by atoms with Gasteiger partial charge in [-0.05, 0) is 70.8 Å². The Labute approximate surface area is 157 Å². The lowest BCUT2D eigenvalue weighted by atomic mass is 9.96. The van der Waals surface area contributed by atoms with Crippen molar-refractivity contribution in [2.75, 3.05) is 0 Å². The van der Waals surface area contributed by atoms with Crippen LogP contribution in [0.25, 0.3) is 27.6 Å². The molecule has 0 bridgehead atoms. The smallest absolute Gasteiger partial charge is 0.259 e. The molecule has 3 heteroatoms. The van der Waals surface area contributed by atoms with Gasteiger partial charge in [0.05, 0.1) is 5.56 Å². The third kappa shape index (κ3) is 3.08. The van der Waals surface area contributed by atoms with Gasteiger partial charge in [-0.2, -0.15) is 0 Å². The number of pyridine rings is 1. The van der Waals surface area contributed by atoms with E-state index >= 15 is 0 Å². The van der Waals surface area contributed by atoms with Gasteiger partial charge in [-0.25, -0.2) is 0 Å². The van der Waals surface area contributed by atoms with E-state index in [1.54, 1.807) is 13.8 Å². The average Bonchev–Trinajstić information content (AvgIpc) is 2.64. The van der Waals surface area contributed by atoms with Gasteiger partial charge >= 0.3 is 0 Å². The summed E-state index contributed by atoms with van der Waals surface area (Å²) < 4.78 is 0. The molecule has 1 N–H and O–H groups in total. The summed E-state index contributed by atoms with van der Waals surface area (Å²) in [6, 6.07) is 20.2. The van der Waals surface area contributed by atoms with E-state index < -0.39 is 0 Å². The van der Waals surface area contributed by atoms with E-state index in [0.29, 0.717) is 5.56 Å². The first-order valence-electron chi connectivity index (χ1n) is 8.88. The zero-order valence-electron chi connectivity index (χ0n) is 15.2. The molecule has 0 radical (unpaired) electrons. The Morgan fingerprint density at radius 3 is 2.07 bits per heavy atom. The van der Waals surface area contributed by atoms with Gasteiger partial charge in [-0.15, -0.1) is 0 Å². The fourth-order valence-corrected chi connectivity index (χ4v) is 3.63. The number of hydrogen-bond acceptors (Lipinski definition) is 2. The van der Waals surface area contributed by atoms with Gasteiger partial charge < -0.3 is 4.98 Å². The number of carbonyl (C=O) groups is 1. The number of H-pyrrole nitrogens is 1. The molecule has 0 fully saturated rings. The molecule has 0 atom stereocenters. The van der Waals surface area contributed by atoms with Crippen molar-refractivity contribution >= 4 is 33.4 Å². The molecule has 0 aliphatic rings. The lowest BCUT2D eigenvalue weighted by Gasteiger charge is -2.08. The molecule has 1 heterocycles. The highest BCUT2D eigenvalue weighted by Gasteiger charge is 2.12. The van der Waals surface area contributed by atoms with Crippen LogP contribution >= 0.6 is 0 Å². The molecule has 132 valence electrons. The van der Waals surface area contributed by atoms with Crippen molar-refractivity contribution in [1.29, 1.82) is 0 Å². The summed E-state index contributed by atoms with van der Waals surface area (Å²) in [5.74, 6) is -0.286. The van der Waals surface area contributed by atoms with Gasteiger partial charge in [0, 0.05) is 5.69 Å². The number of aromatic nitrogens is 1. The van der Waals surface area contributed by atoms with Crippen molar-refractivity contribution in [3.63, 3.8) is 0 Å². The van der Waals surface area contributed by atoms with E-state index in [0.717, 1.165) is 32.8 Å². The second kappa shape index (κ2) is 6.69. The van der Waals surface area contributed by atoms with Crippen LogP contribution in [0.15, 0.2) is 71.5 Å². The number of carbonyl (C=O) groups excluding carboxylic acids is 1. The number of nitrogens with one attached hydrogen (secondary N) is 1. The summed E-state index contributed by atoms with van der Waals surface area (Å²) in [6.45, 7) is 3.59. The Bertz CT molecular complexity index is 1220. The highest BCUT2D eigenvalue weighted by Crippen LogP contribution is 2.29. The second-order valence-corrected chi connectivity index (χ2v) is 6.77. The number of allylic oxidation sites excluding steroid dienone is 1. The third-order valence-corrected chi connectivity index (χ3v) is 4.83. The molecular formula is C24H19NO2. The van der Waals surface area contributed by atoms with Gasteiger partial charge in [0.25, 0.3) is 5.56 Å². The van der Waals surface area contributed by atoms with Crippen LogP contribution in [0, 0.1) is 13.8 Å². The zero-order chi connectivity index (χ0) is 19.0. The fourth-order valence-electron chi connectivity index (χ4n) is 3.63. The summed E-state index contributed by atoms with van der Waals surface area (Å²) in [7, 11) is 0. The summed E-state index contributed by atoms with van der Waals surface area (Å²) >= 11 is 0. The van der Waals surface area contributed by atoms with E-state index in [2.05, 4.69) is 35.3 Å². The predicted molar refractivity (Wildman–Crippen MR) is 111 cm³/mol. The minimum Gasteiger partial charge on any atom is -0.326 e. The normalized spacial score (nSPS) is 11.5. The fraction of sp³-hybridized carbons (Fsp3) is 0.0833. The van der Waals surface area contributed by atoms with Crippen LogP contribution in [-0.2, 0) is 0 Å².